The summed E-state index contributed by atoms with van der Waals surface area (Å²) in [7, 11) is 0. The van der Waals surface area contributed by atoms with E-state index in [1.165, 1.54) is 15.8 Å². The maximum Gasteiger partial charge on any atom is 0.0413 e. The Bertz CT molecular complexity index is 366. The summed E-state index contributed by atoms with van der Waals surface area (Å²) in [6.45, 7) is 6.84. The topological polar surface area (TPSA) is 29.3 Å². The van der Waals surface area contributed by atoms with Crippen molar-refractivity contribution in [2.45, 2.75) is 38.8 Å². The highest BCUT2D eigenvalue weighted by Crippen LogP contribution is 2.32. The van der Waals surface area contributed by atoms with Gasteiger partial charge < -0.3 is 5.73 Å². The average molecular weight is 317 g/mol. The molecule has 0 saturated carbocycles. The summed E-state index contributed by atoms with van der Waals surface area (Å²) in [5, 5.41) is 2.17. The summed E-state index contributed by atoms with van der Waals surface area (Å²) >= 11 is 5.37. The molecule has 96 valence electrons. The Hall–Kier alpha value is 0.1000. The third-order valence-corrected chi connectivity index (χ3v) is 5.76. The number of hydrogen-bond donors (Lipinski definition) is 1. The summed E-state index contributed by atoms with van der Waals surface area (Å²) in [5.41, 5.74) is 6.16. The molecule has 0 aliphatic carbocycles. The Morgan fingerprint density at radius 1 is 1.65 bits per heavy atom. The summed E-state index contributed by atoms with van der Waals surface area (Å²) in [5.74, 6) is 0.662. The molecule has 2 N–H and O–H groups in total. The van der Waals surface area contributed by atoms with Crippen molar-refractivity contribution in [2.24, 2.45) is 11.7 Å². The van der Waals surface area contributed by atoms with E-state index in [1.807, 2.05) is 11.3 Å². The molecule has 1 aliphatic rings. The van der Waals surface area contributed by atoms with Gasteiger partial charge in [0.2, 0.25) is 0 Å². The molecule has 3 unspecified atom stereocenters. The van der Waals surface area contributed by atoms with Crippen LogP contribution in [-0.4, -0.2) is 24.0 Å². The average Bonchev–Trinajstić information content (AvgIpc) is 2.75. The Kier molecular flexibility index (Phi) is 4.64. The third-order valence-electron chi connectivity index (χ3n) is 3.90. The number of nitrogens with two attached hydrogens (primary N) is 1. The number of halogens is 1. The maximum atomic E-state index is 6.16. The highest BCUT2D eigenvalue weighted by molar-refractivity contribution is 9.10. The molecule has 0 amide bonds. The minimum Gasteiger partial charge on any atom is -0.327 e. The molecule has 0 aromatic carbocycles. The van der Waals surface area contributed by atoms with Crippen molar-refractivity contribution in [1.82, 2.24) is 4.90 Å². The van der Waals surface area contributed by atoms with Crippen molar-refractivity contribution in [2.75, 3.05) is 13.1 Å². The molecule has 1 fully saturated rings. The molecular weight excluding hydrogens is 296 g/mol. The second-order valence-corrected chi connectivity index (χ2v) is 6.82. The van der Waals surface area contributed by atoms with E-state index in [0.29, 0.717) is 18.0 Å². The van der Waals surface area contributed by atoms with E-state index >= 15 is 0 Å². The predicted octanol–water partition coefficient (Wildman–Crippen LogP) is 3.63. The molecule has 2 rings (SSSR count). The van der Waals surface area contributed by atoms with Gasteiger partial charge >= 0.3 is 0 Å². The number of rotatable bonds is 3. The van der Waals surface area contributed by atoms with Gasteiger partial charge in [-0.2, -0.15) is 0 Å². The van der Waals surface area contributed by atoms with Crippen LogP contribution in [0.3, 0.4) is 0 Å². The molecule has 2 heterocycles. The lowest BCUT2D eigenvalue weighted by Gasteiger charge is -2.39. The fourth-order valence-electron chi connectivity index (χ4n) is 2.59. The van der Waals surface area contributed by atoms with Gasteiger partial charge in [0.05, 0.1) is 0 Å². The summed E-state index contributed by atoms with van der Waals surface area (Å²) in [4.78, 5) is 4.03. The smallest absolute Gasteiger partial charge is 0.0413 e. The van der Waals surface area contributed by atoms with Crippen LogP contribution in [0.4, 0.5) is 0 Å². The normalized spacial score (nSPS) is 28.2. The third kappa shape index (κ3) is 3.11. The number of nitrogens with zero attached hydrogens (tertiary/aromatic N) is 1. The minimum atomic E-state index is 0.401. The zero-order valence-corrected chi connectivity index (χ0v) is 12.9. The van der Waals surface area contributed by atoms with Gasteiger partial charge in [0.1, 0.15) is 0 Å². The summed E-state index contributed by atoms with van der Waals surface area (Å²) < 4.78 is 1.20. The van der Waals surface area contributed by atoms with Gasteiger partial charge in [0.15, 0.2) is 0 Å². The van der Waals surface area contributed by atoms with E-state index in [-0.39, 0.29) is 0 Å². The van der Waals surface area contributed by atoms with Crippen LogP contribution < -0.4 is 5.73 Å². The van der Waals surface area contributed by atoms with Crippen molar-refractivity contribution in [3.05, 3.63) is 20.8 Å². The van der Waals surface area contributed by atoms with Crippen LogP contribution in [0.1, 0.15) is 37.6 Å². The van der Waals surface area contributed by atoms with E-state index in [9.17, 15) is 0 Å². The van der Waals surface area contributed by atoms with Crippen LogP contribution in [0.2, 0.25) is 0 Å². The van der Waals surface area contributed by atoms with E-state index < -0.39 is 0 Å². The minimum absolute atomic E-state index is 0.401. The first-order chi connectivity index (χ1) is 8.11. The number of piperidine rings is 1. The molecule has 0 bridgehead atoms. The SMILES string of the molecule is CCC1CN(C(C)c2cc(Br)cs2)CCC1N. The molecule has 1 aromatic rings. The Morgan fingerprint density at radius 2 is 2.41 bits per heavy atom. The molecule has 17 heavy (non-hydrogen) atoms. The van der Waals surface area contributed by atoms with E-state index in [1.54, 1.807) is 0 Å². The quantitative estimate of drug-likeness (QED) is 0.922. The fourth-order valence-corrected chi connectivity index (χ4v) is 4.13. The molecule has 0 spiro atoms. The Labute approximate surface area is 116 Å². The van der Waals surface area contributed by atoms with Gasteiger partial charge in [0.25, 0.3) is 0 Å². The van der Waals surface area contributed by atoms with E-state index in [4.69, 9.17) is 5.73 Å². The lowest BCUT2D eigenvalue weighted by atomic mass is 9.90. The molecule has 4 heteroatoms. The summed E-state index contributed by atoms with van der Waals surface area (Å²) in [6.07, 6.45) is 2.33. The Balaban J connectivity index is 2.03. The van der Waals surface area contributed by atoms with Crippen molar-refractivity contribution >= 4 is 27.3 Å². The first-order valence-electron chi connectivity index (χ1n) is 6.35. The van der Waals surface area contributed by atoms with Crippen molar-refractivity contribution in [3.8, 4) is 0 Å². The molecule has 2 nitrogen and oxygen atoms in total. The highest BCUT2D eigenvalue weighted by atomic mass is 79.9. The maximum absolute atomic E-state index is 6.16. The van der Waals surface area contributed by atoms with Crippen LogP contribution >= 0.6 is 27.3 Å². The van der Waals surface area contributed by atoms with Crippen LogP contribution in [0, 0.1) is 5.92 Å². The van der Waals surface area contributed by atoms with Crippen LogP contribution in [-0.2, 0) is 0 Å². The van der Waals surface area contributed by atoms with E-state index in [0.717, 1.165) is 19.5 Å². The van der Waals surface area contributed by atoms with Crippen molar-refractivity contribution in [1.29, 1.82) is 0 Å². The van der Waals surface area contributed by atoms with Crippen molar-refractivity contribution in [3.63, 3.8) is 0 Å². The monoisotopic (exact) mass is 316 g/mol. The van der Waals surface area contributed by atoms with E-state index in [2.05, 4.69) is 46.1 Å². The van der Waals surface area contributed by atoms with Crippen LogP contribution in [0.15, 0.2) is 15.9 Å². The van der Waals surface area contributed by atoms with Crippen LogP contribution in [0.5, 0.6) is 0 Å². The second-order valence-electron chi connectivity index (χ2n) is 4.96. The molecule has 1 saturated heterocycles. The zero-order valence-electron chi connectivity index (χ0n) is 10.5. The molecule has 3 atom stereocenters. The first-order valence-corrected chi connectivity index (χ1v) is 8.02. The lowest BCUT2D eigenvalue weighted by molar-refractivity contribution is 0.115. The van der Waals surface area contributed by atoms with Crippen molar-refractivity contribution < 1.29 is 0 Å². The van der Waals surface area contributed by atoms with Gasteiger partial charge in [0, 0.05) is 39.9 Å². The van der Waals surface area contributed by atoms with Crippen LogP contribution in [0.25, 0.3) is 0 Å². The summed E-state index contributed by atoms with van der Waals surface area (Å²) in [6, 6.07) is 3.16. The first kappa shape index (κ1) is 13.5. The van der Waals surface area contributed by atoms with Gasteiger partial charge in [-0.25, -0.2) is 0 Å². The predicted molar refractivity (Wildman–Crippen MR) is 78.4 cm³/mol. The number of thiophene rings is 1. The number of likely N-dealkylation sites (tertiary alicyclic amines) is 1. The molecule has 1 aromatic heterocycles. The number of hydrogen-bond acceptors (Lipinski definition) is 3. The molecule has 0 radical (unpaired) electrons. The molecular formula is C13H21BrN2S. The standard InChI is InChI=1S/C13H21BrN2S/c1-3-10-7-16(5-4-12(10)15)9(2)13-6-11(14)8-17-13/h6,8-10,12H,3-5,7,15H2,1-2H3. The van der Waals surface area contributed by atoms with Gasteiger partial charge in [-0.3, -0.25) is 4.90 Å². The Morgan fingerprint density at radius 3 is 3.00 bits per heavy atom. The van der Waals surface area contributed by atoms with Gasteiger partial charge in [-0.05, 0) is 41.3 Å². The largest absolute Gasteiger partial charge is 0.327 e. The van der Waals surface area contributed by atoms with Gasteiger partial charge in [-0.15, -0.1) is 11.3 Å². The molecule has 1 aliphatic heterocycles. The zero-order chi connectivity index (χ0) is 12.4. The van der Waals surface area contributed by atoms with Gasteiger partial charge in [-0.1, -0.05) is 13.3 Å². The highest BCUT2D eigenvalue weighted by Gasteiger charge is 2.28. The fraction of sp³-hybridized carbons (Fsp3) is 0.692. The second kappa shape index (κ2) is 5.83. The lowest BCUT2D eigenvalue weighted by Crippen LogP contribution is -2.47.